The van der Waals surface area contributed by atoms with E-state index in [0.717, 1.165) is 0 Å². The van der Waals surface area contributed by atoms with Crippen molar-refractivity contribution < 1.29 is 20.4 Å². The third kappa shape index (κ3) is 3.04. The summed E-state index contributed by atoms with van der Waals surface area (Å²) in [5.74, 6) is -0.471. The van der Waals surface area contributed by atoms with E-state index in [4.69, 9.17) is 15.9 Å². The molecule has 0 aromatic heterocycles. The fourth-order valence-electron chi connectivity index (χ4n) is 0.812. The van der Waals surface area contributed by atoms with Crippen molar-refractivity contribution in [2.45, 2.75) is 25.2 Å². The lowest BCUT2D eigenvalue weighted by molar-refractivity contribution is -0.0817. The molecule has 5 heteroatoms. The van der Waals surface area contributed by atoms with Crippen LogP contribution in [0.25, 0.3) is 0 Å². The van der Waals surface area contributed by atoms with Crippen molar-refractivity contribution in [3.05, 3.63) is 0 Å². The van der Waals surface area contributed by atoms with Crippen molar-refractivity contribution in [1.29, 1.82) is 0 Å². The Hall–Kier alpha value is -0.200. The van der Waals surface area contributed by atoms with Gasteiger partial charge < -0.3 is 26.2 Å². The minimum Gasteiger partial charge on any atom is -0.396 e. The van der Waals surface area contributed by atoms with E-state index in [1.807, 2.05) is 0 Å². The molecule has 4 atom stereocenters. The molecule has 0 rings (SSSR count). The van der Waals surface area contributed by atoms with Crippen molar-refractivity contribution in [1.82, 2.24) is 0 Å². The second kappa shape index (κ2) is 5.45. The Morgan fingerprint density at radius 2 is 1.67 bits per heavy atom. The minimum atomic E-state index is -1.29. The molecule has 0 fully saturated rings. The zero-order valence-corrected chi connectivity index (χ0v) is 7.09. The van der Waals surface area contributed by atoms with E-state index >= 15 is 0 Å². The molecule has 0 saturated carbocycles. The van der Waals surface area contributed by atoms with Crippen LogP contribution in [-0.4, -0.2) is 51.9 Å². The quantitative estimate of drug-likeness (QED) is 0.325. The predicted octanol–water partition coefficient (Wildman–Crippen LogP) is -2.34. The number of nitrogens with two attached hydrogens (primary N) is 1. The molecule has 1 unspecified atom stereocenters. The van der Waals surface area contributed by atoms with Gasteiger partial charge in [-0.2, -0.15) is 0 Å². The van der Waals surface area contributed by atoms with Crippen LogP contribution in [0.5, 0.6) is 0 Å². The maximum Gasteiger partial charge on any atom is 0.107 e. The van der Waals surface area contributed by atoms with Crippen LogP contribution in [0, 0.1) is 5.92 Å². The van der Waals surface area contributed by atoms with Crippen molar-refractivity contribution in [2.24, 2.45) is 11.7 Å². The highest BCUT2D eigenvalue weighted by Crippen LogP contribution is 2.09. The summed E-state index contributed by atoms with van der Waals surface area (Å²) in [5.41, 5.74) is 5.07. The molecule has 0 spiro atoms. The van der Waals surface area contributed by atoms with Crippen molar-refractivity contribution in [3.63, 3.8) is 0 Å². The lowest BCUT2D eigenvalue weighted by Crippen LogP contribution is -2.45. The largest absolute Gasteiger partial charge is 0.396 e. The lowest BCUT2D eigenvalue weighted by atomic mass is 9.97. The molecule has 0 radical (unpaired) electrons. The van der Waals surface area contributed by atoms with Crippen LogP contribution >= 0.6 is 0 Å². The SMILES string of the molecule is CC(CO)[C@@H](O)[C@H](O)[C@@H](O)CN. The van der Waals surface area contributed by atoms with Gasteiger partial charge in [-0.1, -0.05) is 6.92 Å². The summed E-state index contributed by atoms with van der Waals surface area (Å²) in [6, 6.07) is 0. The van der Waals surface area contributed by atoms with Crippen molar-refractivity contribution >= 4 is 0 Å². The van der Waals surface area contributed by atoms with Crippen LogP contribution in [0.3, 0.4) is 0 Å². The smallest absolute Gasteiger partial charge is 0.107 e. The summed E-state index contributed by atoms with van der Waals surface area (Å²) >= 11 is 0. The Bertz CT molecular complexity index is 108. The van der Waals surface area contributed by atoms with Gasteiger partial charge in [-0.3, -0.25) is 0 Å². The van der Waals surface area contributed by atoms with Gasteiger partial charge in [0.15, 0.2) is 0 Å². The normalized spacial score (nSPS) is 21.5. The van der Waals surface area contributed by atoms with Gasteiger partial charge in [0.1, 0.15) is 6.10 Å². The highest BCUT2D eigenvalue weighted by molar-refractivity contribution is 4.79. The molecule has 0 aromatic rings. The summed E-state index contributed by atoms with van der Waals surface area (Å²) < 4.78 is 0. The van der Waals surface area contributed by atoms with E-state index < -0.39 is 24.2 Å². The fraction of sp³-hybridized carbons (Fsp3) is 1.00. The lowest BCUT2D eigenvalue weighted by Gasteiger charge is -2.25. The average molecular weight is 179 g/mol. The number of hydrogen-bond acceptors (Lipinski definition) is 5. The molecule has 5 nitrogen and oxygen atoms in total. The standard InChI is InChI=1S/C7H17NO4/c1-4(3-9)6(11)7(12)5(10)2-8/h4-7,9-12H,2-3,8H2,1H3/t4?,5-,6+,7+/m0/s1. The molecule has 0 aromatic carbocycles. The number of rotatable bonds is 5. The van der Waals surface area contributed by atoms with Gasteiger partial charge in [0.25, 0.3) is 0 Å². The van der Waals surface area contributed by atoms with Crippen LogP contribution in [0.1, 0.15) is 6.92 Å². The molecule has 6 N–H and O–H groups in total. The topological polar surface area (TPSA) is 107 Å². The second-order valence-electron chi connectivity index (χ2n) is 2.94. The van der Waals surface area contributed by atoms with Gasteiger partial charge in [-0.05, 0) is 0 Å². The summed E-state index contributed by atoms with van der Waals surface area (Å²) in [5, 5.41) is 36.1. The van der Waals surface area contributed by atoms with Crippen LogP contribution in [0.2, 0.25) is 0 Å². The fourth-order valence-corrected chi connectivity index (χ4v) is 0.812. The van der Waals surface area contributed by atoms with Crippen LogP contribution in [-0.2, 0) is 0 Å². The van der Waals surface area contributed by atoms with E-state index in [-0.39, 0.29) is 13.2 Å². The zero-order chi connectivity index (χ0) is 9.72. The molecule has 0 saturated heterocycles. The second-order valence-corrected chi connectivity index (χ2v) is 2.94. The average Bonchev–Trinajstić information content (AvgIpc) is 2.12. The maximum atomic E-state index is 9.26. The Balaban J connectivity index is 3.99. The number of aliphatic hydroxyl groups is 4. The first-order valence-electron chi connectivity index (χ1n) is 3.89. The van der Waals surface area contributed by atoms with E-state index in [1.165, 1.54) is 0 Å². The molecule has 0 amide bonds. The maximum absolute atomic E-state index is 9.26. The molecule has 0 bridgehead atoms. The molecule has 74 valence electrons. The van der Waals surface area contributed by atoms with E-state index in [1.54, 1.807) is 6.92 Å². The minimum absolute atomic E-state index is 0.115. The number of hydrogen-bond donors (Lipinski definition) is 5. The molecule has 0 heterocycles. The molecular weight excluding hydrogens is 162 g/mol. The first-order valence-corrected chi connectivity index (χ1v) is 3.89. The predicted molar refractivity (Wildman–Crippen MR) is 43.3 cm³/mol. The molecule has 0 aliphatic carbocycles. The van der Waals surface area contributed by atoms with Gasteiger partial charge in [-0.25, -0.2) is 0 Å². The van der Waals surface area contributed by atoms with E-state index in [0.29, 0.717) is 0 Å². The molecule has 0 aliphatic rings. The third-order valence-corrected chi connectivity index (χ3v) is 1.86. The van der Waals surface area contributed by atoms with Gasteiger partial charge in [0.05, 0.1) is 12.2 Å². The monoisotopic (exact) mass is 179 g/mol. The Kier molecular flexibility index (Phi) is 5.36. The van der Waals surface area contributed by atoms with E-state index in [2.05, 4.69) is 0 Å². The zero-order valence-electron chi connectivity index (χ0n) is 7.09. The summed E-state index contributed by atoms with van der Waals surface area (Å²) in [6.45, 7) is 1.21. The third-order valence-electron chi connectivity index (χ3n) is 1.86. The number of aliphatic hydroxyl groups excluding tert-OH is 4. The van der Waals surface area contributed by atoms with Gasteiger partial charge >= 0.3 is 0 Å². The van der Waals surface area contributed by atoms with Crippen molar-refractivity contribution in [3.8, 4) is 0 Å². The molecule has 0 aliphatic heterocycles. The van der Waals surface area contributed by atoms with Crippen molar-refractivity contribution in [2.75, 3.05) is 13.2 Å². The van der Waals surface area contributed by atoms with Gasteiger partial charge in [-0.15, -0.1) is 0 Å². The summed E-state index contributed by atoms with van der Waals surface area (Å²) in [4.78, 5) is 0. The highest BCUT2D eigenvalue weighted by Gasteiger charge is 2.27. The Labute approximate surface area is 71.4 Å². The summed E-state index contributed by atoms with van der Waals surface area (Å²) in [7, 11) is 0. The molecular formula is C7H17NO4. The Morgan fingerprint density at radius 3 is 2.00 bits per heavy atom. The van der Waals surface area contributed by atoms with Gasteiger partial charge in [0, 0.05) is 19.1 Å². The first-order chi connectivity index (χ1) is 5.54. The van der Waals surface area contributed by atoms with Crippen LogP contribution < -0.4 is 5.73 Å². The first kappa shape index (κ1) is 11.8. The molecule has 12 heavy (non-hydrogen) atoms. The Morgan fingerprint density at radius 1 is 1.17 bits per heavy atom. The van der Waals surface area contributed by atoms with Crippen LogP contribution in [0.15, 0.2) is 0 Å². The van der Waals surface area contributed by atoms with Crippen LogP contribution in [0.4, 0.5) is 0 Å². The summed E-state index contributed by atoms with van der Waals surface area (Å²) in [6.07, 6.45) is -3.58. The highest BCUT2D eigenvalue weighted by atomic mass is 16.4. The van der Waals surface area contributed by atoms with Gasteiger partial charge in [0.2, 0.25) is 0 Å². The van der Waals surface area contributed by atoms with E-state index in [9.17, 15) is 10.2 Å².